The first-order valence-corrected chi connectivity index (χ1v) is 8.37. The third-order valence-corrected chi connectivity index (χ3v) is 4.63. The summed E-state index contributed by atoms with van der Waals surface area (Å²) in [6.45, 7) is 1.92. The molecule has 0 atom stereocenters. The van der Waals surface area contributed by atoms with Crippen molar-refractivity contribution in [1.82, 2.24) is 0 Å². The molecule has 1 N–H and O–H groups in total. The van der Waals surface area contributed by atoms with E-state index in [1.165, 1.54) is 36.6 Å². The van der Waals surface area contributed by atoms with Crippen molar-refractivity contribution in [2.24, 2.45) is 0 Å². The van der Waals surface area contributed by atoms with E-state index >= 15 is 0 Å². The van der Waals surface area contributed by atoms with Crippen LogP contribution >= 0.6 is 22.9 Å². The fourth-order valence-electron chi connectivity index (χ4n) is 2.01. The first-order chi connectivity index (χ1) is 11.4. The van der Waals surface area contributed by atoms with Gasteiger partial charge in [0.25, 0.3) is 0 Å². The maximum Gasteiger partial charge on any atom is 0.337 e. The molecule has 0 aliphatic rings. The number of Topliss-reactive ketones (excluding diaryl/α,β-unsaturated/α-hetero) is 1. The summed E-state index contributed by atoms with van der Waals surface area (Å²) in [6, 6.07) is 8.08. The monoisotopic (exact) mass is 365 g/mol. The van der Waals surface area contributed by atoms with Gasteiger partial charge in [0.2, 0.25) is 5.91 Å². The number of anilines is 1. The Morgan fingerprint density at radius 2 is 1.92 bits per heavy atom. The highest BCUT2D eigenvalue weighted by molar-refractivity contribution is 7.14. The van der Waals surface area contributed by atoms with Crippen LogP contribution in [0.4, 0.5) is 5.69 Å². The highest BCUT2D eigenvalue weighted by Crippen LogP contribution is 2.24. The number of carbonyl (C=O) groups excluding carboxylic acids is 3. The smallest absolute Gasteiger partial charge is 0.337 e. The van der Waals surface area contributed by atoms with Crippen LogP contribution in [-0.4, -0.2) is 24.8 Å². The molecule has 1 aromatic heterocycles. The van der Waals surface area contributed by atoms with Crippen molar-refractivity contribution in [3.8, 4) is 0 Å². The Bertz CT molecular complexity index is 785. The maximum absolute atomic E-state index is 12.0. The van der Waals surface area contributed by atoms with Gasteiger partial charge in [0.1, 0.15) is 0 Å². The van der Waals surface area contributed by atoms with Gasteiger partial charge in [-0.2, -0.15) is 0 Å². The molecule has 1 heterocycles. The van der Waals surface area contributed by atoms with E-state index in [0.29, 0.717) is 15.6 Å². The molecular weight excluding hydrogens is 350 g/mol. The third kappa shape index (κ3) is 4.66. The molecule has 5 nitrogen and oxygen atoms in total. The van der Waals surface area contributed by atoms with Crippen molar-refractivity contribution < 1.29 is 19.1 Å². The van der Waals surface area contributed by atoms with Crippen LogP contribution in [0, 0.1) is 6.92 Å². The molecule has 2 aromatic rings. The van der Waals surface area contributed by atoms with Crippen LogP contribution in [0.2, 0.25) is 5.02 Å². The molecule has 0 aliphatic carbocycles. The Kier molecular flexibility index (Phi) is 6.11. The number of nitrogens with one attached hydrogen (secondary N) is 1. The van der Waals surface area contributed by atoms with Crippen LogP contribution in [0.1, 0.15) is 37.7 Å². The van der Waals surface area contributed by atoms with Gasteiger partial charge in [-0.1, -0.05) is 11.6 Å². The maximum atomic E-state index is 12.0. The summed E-state index contributed by atoms with van der Waals surface area (Å²) in [5.74, 6) is -0.941. The predicted molar refractivity (Wildman–Crippen MR) is 94.0 cm³/mol. The van der Waals surface area contributed by atoms with Crippen molar-refractivity contribution in [2.75, 3.05) is 12.4 Å². The van der Waals surface area contributed by atoms with E-state index in [2.05, 4.69) is 10.1 Å². The quantitative estimate of drug-likeness (QED) is 0.618. The van der Waals surface area contributed by atoms with Crippen molar-refractivity contribution >= 4 is 46.3 Å². The van der Waals surface area contributed by atoms with E-state index in [-0.39, 0.29) is 30.1 Å². The molecule has 7 heteroatoms. The summed E-state index contributed by atoms with van der Waals surface area (Å²) in [7, 11) is 1.27. The number of hydrogen-bond acceptors (Lipinski definition) is 5. The second-order valence-electron chi connectivity index (χ2n) is 5.07. The number of methoxy groups -OCH3 is 1. The Morgan fingerprint density at radius 3 is 2.54 bits per heavy atom. The van der Waals surface area contributed by atoms with Crippen molar-refractivity contribution in [3.05, 3.63) is 50.7 Å². The van der Waals surface area contributed by atoms with Gasteiger partial charge in [-0.05, 0) is 37.3 Å². The Morgan fingerprint density at radius 1 is 1.17 bits per heavy atom. The molecule has 0 unspecified atom stereocenters. The van der Waals surface area contributed by atoms with Gasteiger partial charge in [-0.3, -0.25) is 9.59 Å². The number of ether oxygens (including phenoxy) is 1. The first kappa shape index (κ1) is 18.2. The summed E-state index contributed by atoms with van der Waals surface area (Å²) < 4.78 is 4.63. The zero-order chi connectivity index (χ0) is 17.7. The molecule has 0 fully saturated rings. The lowest BCUT2D eigenvalue weighted by Crippen LogP contribution is -2.14. The lowest BCUT2D eigenvalue weighted by Gasteiger charge is -2.08. The first-order valence-electron chi connectivity index (χ1n) is 7.18. The second kappa shape index (κ2) is 8.08. The number of rotatable bonds is 6. The number of thiophene rings is 1. The topological polar surface area (TPSA) is 72.5 Å². The molecule has 2 rings (SSSR count). The fraction of sp³-hybridized carbons (Fsp3) is 0.235. The number of ketones is 1. The van der Waals surface area contributed by atoms with Crippen molar-refractivity contribution in [1.29, 1.82) is 0 Å². The largest absolute Gasteiger partial charge is 0.465 e. The second-order valence-corrected chi connectivity index (χ2v) is 6.76. The van der Waals surface area contributed by atoms with E-state index in [1.54, 1.807) is 6.07 Å². The van der Waals surface area contributed by atoms with E-state index in [1.807, 2.05) is 13.0 Å². The van der Waals surface area contributed by atoms with Crippen LogP contribution in [0.5, 0.6) is 0 Å². The summed E-state index contributed by atoms with van der Waals surface area (Å²) in [5.41, 5.74) is 0.589. The molecule has 0 radical (unpaired) electrons. The van der Waals surface area contributed by atoms with Crippen molar-refractivity contribution in [2.45, 2.75) is 19.8 Å². The molecule has 0 spiro atoms. The number of aryl methyl sites for hydroxylation is 1. The number of esters is 1. The highest BCUT2D eigenvalue weighted by Gasteiger charge is 2.14. The minimum Gasteiger partial charge on any atom is -0.465 e. The van der Waals surface area contributed by atoms with Crippen LogP contribution in [0.15, 0.2) is 30.3 Å². The number of halogens is 1. The average molecular weight is 366 g/mol. The number of carbonyl (C=O) groups is 3. The standard InChI is InChI=1S/C17H16ClNO4S/c1-10-3-7-15(24-10)14(20)6-8-16(21)19-13-9-11(17(22)23-2)4-5-12(13)18/h3-5,7,9H,6,8H2,1-2H3,(H,19,21). The van der Waals surface area contributed by atoms with Gasteiger partial charge in [0.15, 0.2) is 5.78 Å². The molecular formula is C17H16ClNO4S. The highest BCUT2D eigenvalue weighted by atomic mass is 35.5. The summed E-state index contributed by atoms with van der Waals surface area (Å²) in [6.07, 6.45) is 0.147. The van der Waals surface area contributed by atoms with Crippen molar-refractivity contribution in [3.63, 3.8) is 0 Å². The molecule has 126 valence electrons. The number of benzene rings is 1. The molecule has 24 heavy (non-hydrogen) atoms. The Balaban J connectivity index is 1.97. The normalized spacial score (nSPS) is 10.3. The van der Waals surface area contributed by atoms with Gasteiger partial charge in [0, 0.05) is 17.7 Å². The molecule has 0 bridgehead atoms. The average Bonchev–Trinajstić information content (AvgIpc) is 3.00. The van der Waals surface area contributed by atoms with Gasteiger partial charge < -0.3 is 10.1 Å². The van der Waals surface area contributed by atoms with Gasteiger partial charge in [-0.25, -0.2) is 4.79 Å². The van der Waals surface area contributed by atoms with E-state index in [9.17, 15) is 14.4 Å². The lowest BCUT2D eigenvalue weighted by atomic mass is 10.1. The zero-order valence-corrected chi connectivity index (χ0v) is 14.8. The molecule has 1 amide bonds. The van der Waals surface area contributed by atoms with Crippen LogP contribution in [-0.2, 0) is 9.53 Å². The minimum atomic E-state index is -0.523. The Labute approximate surface area is 148 Å². The predicted octanol–water partition coefficient (Wildman–Crippen LogP) is 4.10. The number of hydrogen-bond donors (Lipinski definition) is 1. The van der Waals surface area contributed by atoms with Crippen LogP contribution in [0.3, 0.4) is 0 Å². The molecule has 0 saturated carbocycles. The third-order valence-electron chi connectivity index (χ3n) is 3.26. The molecule has 1 aromatic carbocycles. The van der Waals surface area contributed by atoms with Crippen LogP contribution < -0.4 is 5.32 Å². The number of amides is 1. The van der Waals surface area contributed by atoms with Crippen LogP contribution in [0.25, 0.3) is 0 Å². The SMILES string of the molecule is COC(=O)c1ccc(Cl)c(NC(=O)CCC(=O)c2ccc(C)s2)c1. The Hall–Kier alpha value is -2.18. The van der Waals surface area contributed by atoms with Gasteiger partial charge in [0.05, 0.1) is 28.3 Å². The molecule has 0 aliphatic heterocycles. The van der Waals surface area contributed by atoms with E-state index < -0.39 is 5.97 Å². The minimum absolute atomic E-state index is 0.0363. The fourth-order valence-corrected chi connectivity index (χ4v) is 3.01. The zero-order valence-electron chi connectivity index (χ0n) is 13.2. The summed E-state index contributed by atoms with van der Waals surface area (Å²) in [5, 5.41) is 2.92. The van der Waals surface area contributed by atoms with Gasteiger partial charge in [-0.15, -0.1) is 11.3 Å². The molecule has 0 saturated heterocycles. The lowest BCUT2D eigenvalue weighted by molar-refractivity contribution is -0.116. The van der Waals surface area contributed by atoms with E-state index in [0.717, 1.165) is 4.88 Å². The van der Waals surface area contributed by atoms with Gasteiger partial charge >= 0.3 is 5.97 Å². The van der Waals surface area contributed by atoms with E-state index in [4.69, 9.17) is 11.6 Å². The summed E-state index contributed by atoms with van der Waals surface area (Å²) >= 11 is 7.43. The summed E-state index contributed by atoms with van der Waals surface area (Å²) in [4.78, 5) is 37.2.